The average molecular weight is 444 g/mol. The van der Waals surface area contributed by atoms with Gasteiger partial charge in [-0.2, -0.15) is 0 Å². The van der Waals surface area contributed by atoms with E-state index in [1.807, 2.05) is 12.1 Å². The SMILES string of the molecule is Cc1ccccc1CN1CCOc2ccc(CN3CCC(Oc4cccnc4)CC3)cc2C1. The van der Waals surface area contributed by atoms with Crippen LogP contribution in [-0.4, -0.2) is 47.1 Å². The summed E-state index contributed by atoms with van der Waals surface area (Å²) in [7, 11) is 0. The highest BCUT2D eigenvalue weighted by Crippen LogP contribution is 2.27. The van der Waals surface area contributed by atoms with Crippen LogP contribution in [0.4, 0.5) is 0 Å². The van der Waals surface area contributed by atoms with E-state index in [9.17, 15) is 0 Å². The second kappa shape index (κ2) is 10.4. The summed E-state index contributed by atoms with van der Waals surface area (Å²) in [4.78, 5) is 9.18. The molecule has 0 spiro atoms. The number of hydrogen-bond donors (Lipinski definition) is 0. The zero-order valence-electron chi connectivity index (χ0n) is 19.5. The third-order valence-corrected chi connectivity index (χ3v) is 6.72. The molecule has 3 heterocycles. The van der Waals surface area contributed by atoms with Gasteiger partial charge in [-0.15, -0.1) is 0 Å². The number of aryl methyl sites for hydroxylation is 1. The smallest absolute Gasteiger partial charge is 0.137 e. The highest BCUT2D eigenvalue weighted by Gasteiger charge is 2.22. The number of rotatable bonds is 6. The molecule has 0 radical (unpaired) electrons. The van der Waals surface area contributed by atoms with E-state index in [4.69, 9.17) is 9.47 Å². The number of pyridine rings is 1. The van der Waals surface area contributed by atoms with Crippen LogP contribution in [0, 0.1) is 6.92 Å². The van der Waals surface area contributed by atoms with E-state index in [1.54, 1.807) is 12.4 Å². The fourth-order valence-corrected chi connectivity index (χ4v) is 4.82. The molecule has 5 rings (SSSR count). The van der Waals surface area contributed by atoms with Gasteiger partial charge < -0.3 is 9.47 Å². The van der Waals surface area contributed by atoms with Crippen LogP contribution < -0.4 is 9.47 Å². The Morgan fingerprint density at radius 1 is 0.970 bits per heavy atom. The molecule has 0 unspecified atom stereocenters. The summed E-state index contributed by atoms with van der Waals surface area (Å²) in [5.74, 6) is 1.91. The molecule has 1 aromatic heterocycles. The van der Waals surface area contributed by atoms with Crippen molar-refractivity contribution in [2.75, 3.05) is 26.2 Å². The normalized spacial score (nSPS) is 17.7. The van der Waals surface area contributed by atoms with Gasteiger partial charge in [0.2, 0.25) is 0 Å². The summed E-state index contributed by atoms with van der Waals surface area (Å²) in [6.45, 7) is 8.86. The number of hydrogen-bond acceptors (Lipinski definition) is 5. The molecular formula is C28H33N3O2. The van der Waals surface area contributed by atoms with Crippen molar-refractivity contribution >= 4 is 0 Å². The second-order valence-electron chi connectivity index (χ2n) is 9.21. The number of ether oxygens (including phenoxy) is 2. The van der Waals surface area contributed by atoms with Crippen LogP contribution in [0.25, 0.3) is 0 Å². The minimum Gasteiger partial charge on any atom is -0.492 e. The maximum absolute atomic E-state index is 6.10. The molecule has 2 aromatic carbocycles. The molecule has 2 aliphatic rings. The van der Waals surface area contributed by atoms with Crippen molar-refractivity contribution < 1.29 is 9.47 Å². The van der Waals surface area contributed by atoms with Crippen molar-refractivity contribution in [1.29, 1.82) is 0 Å². The van der Waals surface area contributed by atoms with Gasteiger partial charge in [0, 0.05) is 51.0 Å². The number of aromatic nitrogens is 1. The first-order valence-corrected chi connectivity index (χ1v) is 12.0. The summed E-state index contributed by atoms with van der Waals surface area (Å²) in [6.07, 6.45) is 5.96. The van der Waals surface area contributed by atoms with Crippen molar-refractivity contribution in [3.05, 3.63) is 89.2 Å². The molecule has 5 heteroatoms. The lowest BCUT2D eigenvalue weighted by molar-refractivity contribution is 0.0965. The fraction of sp³-hybridized carbons (Fsp3) is 0.393. The Bertz CT molecular complexity index is 1050. The largest absolute Gasteiger partial charge is 0.492 e. The van der Waals surface area contributed by atoms with Crippen molar-refractivity contribution in [3.63, 3.8) is 0 Å². The fourth-order valence-electron chi connectivity index (χ4n) is 4.82. The van der Waals surface area contributed by atoms with Gasteiger partial charge in [0.25, 0.3) is 0 Å². The van der Waals surface area contributed by atoms with E-state index in [1.165, 1.54) is 22.3 Å². The zero-order valence-corrected chi connectivity index (χ0v) is 19.5. The molecular weight excluding hydrogens is 410 g/mol. The van der Waals surface area contributed by atoms with Crippen LogP contribution in [0.2, 0.25) is 0 Å². The van der Waals surface area contributed by atoms with Gasteiger partial charge >= 0.3 is 0 Å². The lowest BCUT2D eigenvalue weighted by atomic mass is 10.0. The Morgan fingerprint density at radius 3 is 2.67 bits per heavy atom. The molecule has 0 N–H and O–H groups in total. The Labute approximate surface area is 197 Å². The summed E-state index contributed by atoms with van der Waals surface area (Å²) >= 11 is 0. The van der Waals surface area contributed by atoms with Gasteiger partial charge in [0.05, 0.1) is 6.20 Å². The molecule has 0 amide bonds. The maximum Gasteiger partial charge on any atom is 0.137 e. The molecule has 5 nitrogen and oxygen atoms in total. The van der Waals surface area contributed by atoms with Crippen molar-refractivity contribution in [1.82, 2.24) is 14.8 Å². The van der Waals surface area contributed by atoms with Gasteiger partial charge in [-0.3, -0.25) is 14.8 Å². The molecule has 0 saturated carbocycles. The third kappa shape index (κ3) is 5.73. The maximum atomic E-state index is 6.10. The minimum atomic E-state index is 0.279. The van der Waals surface area contributed by atoms with E-state index in [-0.39, 0.29) is 6.10 Å². The number of fused-ring (bicyclic) bond motifs is 1. The van der Waals surface area contributed by atoms with E-state index in [0.29, 0.717) is 0 Å². The van der Waals surface area contributed by atoms with Crippen molar-refractivity contribution in [3.8, 4) is 11.5 Å². The number of nitrogens with zero attached hydrogens (tertiary/aromatic N) is 3. The first-order valence-electron chi connectivity index (χ1n) is 12.0. The molecule has 3 aromatic rings. The monoisotopic (exact) mass is 443 g/mol. The molecule has 0 aliphatic carbocycles. The Hall–Kier alpha value is -2.89. The average Bonchev–Trinajstić information content (AvgIpc) is 3.04. The topological polar surface area (TPSA) is 37.8 Å². The van der Waals surface area contributed by atoms with Crippen LogP contribution in [-0.2, 0) is 19.6 Å². The molecule has 2 aliphatic heterocycles. The van der Waals surface area contributed by atoms with E-state index >= 15 is 0 Å². The molecule has 1 fully saturated rings. The van der Waals surface area contributed by atoms with E-state index < -0.39 is 0 Å². The predicted octanol–water partition coefficient (Wildman–Crippen LogP) is 4.83. The highest BCUT2D eigenvalue weighted by atomic mass is 16.5. The summed E-state index contributed by atoms with van der Waals surface area (Å²) in [5.41, 5.74) is 5.41. The van der Waals surface area contributed by atoms with Gasteiger partial charge in [0.1, 0.15) is 24.2 Å². The minimum absolute atomic E-state index is 0.279. The van der Waals surface area contributed by atoms with Crippen LogP contribution in [0.3, 0.4) is 0 Å². The summed E-state index contributed by atoms with van der Waals surface area (Å²) in [6, 6.07) is 19.3. The van der Waals surface area contributed by atoms with E-state index in [2.05, 4.69) is 64.2 Å². The Kier molecular flexibility index (Phi) is 6.89. The van der Waals surface area contributed by atoms with Gasteiger partial charge in [-0.1, -0.05) is 30.3 Å². The van der Waals surface area contributed by atoms with Crippen LogP contribution in [0.15, 0.2) is 67.0 Å². The predicted molar refractivity (Wildman–Crippen MR) is 130 cm³/mol. The molecule has 0 atom stereocenters. The first kappa shape index (κ1) is 21.9. The quantitative estimate of drug-likeness (QED) is 0.546. The number of likely N-dealkylation sites (tertiary alicyclic amines) is 1. The summed E-state index contributed by atoms with van der Waals surface area (Å²) < 4.78 is 12.2. The van der Waals surface area contributed by atoms with Gasteiger partial charge in [-0.25, -0.2) is 0 Å². The van der Waals surface area contributed by atoms with Crippen molar-refractivity contribution in [2.45, 2.75) is 45.5 Å². The molecule has 33 heavy (non-hydrogen) atoms. The highest BCUT2D eigenvalue weighted by molar-refractivity contribution is 5.38. The summed E-state index contributed by atoms with van der Waals surface area (Å²) in [5, 5.41) is 0. The molecule has 0 bridgehead atoms. The zero-order chi connectivity index (χ0) is 22.5. The molecule has 172 valence electrons. The number of piperidine rings is 1. The van der Waals surface area contributed by atoms with E-state index in [0.717, 1.165) is 70.2 Å². The van der Waals surface area contributed by atoms with Crippen LogP contribution in [0.1, 0.15) is 35.1 Å². The van der Waals surface area contributed by atoms with Crippen LogP contribution >= 0.6 is 0 Å². The van der Waals surface area contributed by atoms with Gasteiger partial charge in [0.15, 0.2) is 0 Å². The third-order valence-electron chi connectivity index (χ3n) is 6.72. The van der Waals surface area contributed by atoms with Crippen LogP contribution in [0.5, 0.6) is 11.5 Å². The standard InChI is InChI=1S/C28H33N3O2/c1-22-5-2-3-6-24(22)20-31-15-16-32-28-9-8-23(17-25(28)21-31)19-30-13-10-26(11-14-30)33-27-7-4-12-29-18-27/h2-9,12,17-18,26H,10-11,13-16,19-21H2,1H3. The number of benzene rings is 2. The Morgan fingerprint density at radius 2 is 1.85 bits per heavy atom. The first-order chi connectivity index (χ1) is 16.2. The van der Waals surface area contributed by atoms with Gasteiger partial charge in [-0.05, 0) is 60.7 Å². The second-order valence-corrected chi connectivity index (χ2v) is 9.21. The molecule has 1 saturated heterocycles. The van der Waals surface area contributed by atoms with Crippen molar-refractivity contribution in [2.24, 2.45) is 0 Å². The lowest BCUT2D eigenvalue weighted by Gasteiger charge is -2.32. The lowest BCUT2D eigenvalue weighted by Crippen LogP contribution is -2.37. The Balaban J connectivity index is 1.18.